The summed E-state index contributed by atoms with van der Waals surface area (Å²) >= 11 is 0. The number of ether oxygens (including phenoxy) is 2. The molecule has 112 valence electrons. The topological polar surface area (TPSA) is 56.5 Å². The van der Waals surface area contributed by atoms with Crippen molar-refractivity contribution in [2.75, 3.05) is 26.1 Å². The maximum Gasteiger partial charge on any atom is 0.120 e. The van der Waals surface area contributed by atoms with Gasteiger partial charge in [0.15, 0.2) is 0 Å². The fourth-order valence-electron chi connectivity index (χ4n) is 2.26. The van der Waals surface area contributed by atoms with Crippen molar-refractivity contribution >= 4 is 5.69 Å². The van der Waals surface area contributed by atoms with E-state index in [0.29, 0.717) is 13.2 Å². The van der Waals surface area contributed by atoms with Crippen LogP contribution in [0.5, 0.6) is 5.75 Å². The third-order valence-corrected chi connectivity index (χ3v) is 3.31. The maximum atomic E-state index is 5.92. The lowest BCUT2D eigenvalue weighted by molar-refractivity contribution is 0.185. The van der Waals surface area contributed by atoms with Gasteiger partial charge in [0, 0.05) is 25.4 Å². The molecule has 2 rings (SSSR count). The molecule has 2 aromatic carbocycles. The average molecular weight is 286 g/mol. The maximum absolute atomic E-state index is 5.92. The first kappa shape index (κ1) is 15.4. The van der Waals surface area contributed by atoms with Gasteiger partial charge < -0.3 is 20.5 Å². The van der Waals surface area contributed by atoms with E-state index in [2.05, 4.69) is 17.4 Å². The van der Waals surface area contributed by atoms with Crippen LogP contribution >= 0.6 is 0 Å². The highest BCUT2D eigenvalue weighted by molar-refractivity contribution is 5.50. The molecule has 0 aliphatic rings. The van der Waals surface area contributed by atoms with Crippen LogP contribution in [-0.4, -0.2) is 20.8 Å². The van der Waals surface area contributed by atoms with E-state index in [9.17, 15) is 0 Å². The van der Waals surface area contributed by atoms with E-state index in [-0.39, 0.29) is 6.04 Å². The van der Waals surface area contributed by atoms with Crippen LogP contribution in [0.15, 0.2) is 48.5 Å². The van der Waals surface area contributed by atoms with Gasteiger partial charge >= 0.3 is 0 Å². The molecule has 0 spiro atoms. The molecule has 4 nitrogen and oxygen atoms in total. The van der Waals surface area contributed by atoms with E-state index >= 15 is 0 Å². The predicted octanol–water partition coefficient (Wildman–Crippen LogP) is 2.95. The normalized spacial score (nSPS) is 12.0. The minimum Gasteiger partial charge on any atom is -0.497 e. The number of benzene rings is 2. The SMILES string of the molecule is COCc1cccc(C(CN)Nc2cccc(OC)c2)c1. The highest BCUT2D eigenvalue weighted by Crippen LogP contribution is 2.23. The Morgan fingerprint density at radius 3 is 2.62 bits per heavy atom. The molecule has 1 atom stereocenters. The Bertz CT molecular complexity index is 572. The summed E-state index contributed by atoms with van der Waals surface area (Å²) in [7, 11) is 3.36. The standard InChI is InChI=1S/C17H22N2O2/c1-20-12-13-5-3-6-14(9-13)17(11-18)19-15-7-4-8-16(10-15)21-2/h3-10,17,19H,11-12,18H2,1-2H3. The third kappa shape index (κ3) is 4.21. The number of nitrogens with one attached hydrogen (secondary N) is 1. The van der Waals surface area contributed by atoms with Crippen molar-refractivity contribution < 1.29 is 9.47 Å². The smallest absolute Gasteiger partial charge is 0.120 e. The van der Waals surface area contributed by atoms with Crippen LogP contribution in [0.3, 0.4) is 0 Å². The van der Waals surface area contributed by atoms with Crippen molar-refractivity contribution in [1.82, 2.24) is 0 Å². The molecule has 0 saturated heterocycles. The van der Waals surface area contributed by atoms with Gasteiger partial charge in [-0.2, -0.15) is 0 Å². The lowest BCUT2D eigenvalue weighted by atomic mass is 10.0. The van der Waals surface area contributed by atoms with Crippen LogP contribution in [0.1, 0.15) is 17.2 Å². The summed E-state index contributed by atoms with van der Waals surface area (Å²) in [4.78, 5) is 0. The summed E-state index contributed by atoms with van der Waals surface area (Å²) in [5.74, 6) is 0.823. The van der Waals surface area contributed by atoms with Gasteiger partial charge in [0.25, 0.3) is 0 Å². The van der Waals surface area contributed by atoms with Crippen molar-refractivity contribution in [2.45, 2.75) is 12.6 Å². The molecule has 21 heavy (non-hydrogen) atoms. The lowest BCUT2D eigenvalue weighted by Gasteiger charge is -2.19. The zero-order valence-corrected chi connectivity index (χ0v) is 12.5. The van der Waals surface area contributed by atoms with Gasteiger partial charge in [-0.05, 0) is 23.3 Å². The highest BCUT2D eigenvalue weighted by atomic mass is 16.5. The molecule has 0 aliphatic heterocycles. The predicted molar refractivity (Wildman–Crippen MR) is 85.6 cm³/mol. The second-order valence-electron chi connectivity index (χ2n) is 4.84. The van der Waals surface area contributed by atoms with Crippen molar-refractivity contribution in [1.29, 1.82) is 0 Å². The Morgan fingerprint density at radius 1 is 1.10 bits per heavy atom. The van der Waals surface area contributed by atoms with E-state index in [1.807, 2.05) is 36.4 Å². The van der Waals surface area contributed by atoms with Gasteiger partial charge in [-0.3, -0.25) is 0 Å². The van der Waals surface area contributed by atoms with Gasteiger partial charge in [0.1, 0.15) is 5.75 Å². The first-order valence-corrected chi connectivity index (χ1v) is 6.95. The molecule has 0 radical (unpaired) electrons. The van der Waals surface area contributed by atoms with Gasteiger partial charge in [-0.1, -0.05) is 30.3 Å². The van der Waals surface area contributed by atoms with E-state index < -0.39 is 0 Å². The minimum atomic E-state index is 0.0499. The summed E-state index contributed by atoms with van der Waals surface area (Å²) in [5, 5.41) is 3.44. The van der Waals surface area contributed by atoms with Gasteiger partial charge in [-0.15, -0.1) is 0 Å². The van der Waals surface area contributed by atoms with Crippen LogP contribution in [0.4, 0.5) is 5.69 Å². The van der Waals surface area contributed by atoms with E-state index in [1.54, 1.807) is 14.2 Å². The molecule has 0 fully saturated rings. The van der Waals surface area contributed by atoms with Gasteiger partial charge in [0.05, 0.1) is 19.8 Å². The Kier molecular flexibility index (Phi) is 5.60. The molecule has 0 bridgehead atoms. The quantitative estimate of drug-likeness (QED) is 0.821. The highest BCUT2D eigenvalue weighted by Gasteiger charge is 2.10. The second kappa shape index (κ2) is 7.67. The Morgan fingerprint density at radius 2 is 1.90 bits per heavy atom. The molecule has 3 N–H and O–H groups in total. The molecule has 0 aliphatic carbocycles. The molecule has 0 amide bonds. The monoisotopic (exact) mass is 286 g/mol. The zero-order valence-electron chi connectivity index (χ0n) is 12.5. The number of anilines is 1. The first-order chi connectivity index (χ1) is 10.3. The van der Waals surface area contributed by atoms with Gasteiger partial charge in [-0.25, -0.2) is 0 Å². The molecule has 0 aromatic heterocycles. The Balaban J connectivity index is 2.17. The number of hydrogen-bond donors (Lipinski definition) is 2. The second-order valence-corrected chi connectivity index (χ2v) is 4.84. The number of rotatable bonds is 7. The van der Waals surface area contributed by atoms with Crippen molar-refractivity contribution in [3.8, 4) is 5.75 Å². The third-order valence-electron chi connectivity index (χ3n) is 3.31. The Hall–Kier alpha value is -2.04. The largest absolute Gasteiger partial charge is 0.497 e. The van der Waals surface area contributed by atoms with Crippen LogP contribution in [0.25, 0.3) is 0 Å². The summed E-state index contributed by atoms with van der Waals surface area (Å²) in [5.41, 5.74) is 9.20. The minimum absolute atomic E-state index is 0.0499. The lowest BCUT2D eigenvalue weighted by Crippen LogP contribution is -2.20. The first-order valence-electron chi connectivity index (χ1n) is 6.95. The summed E-state index contributed by atoms with van der Waals surface area (Å²) < 4.78 is 10.4. The van der Waals surface area contributed by atoms with Gasteiger partial charge in [0.2, 0.25) is 0 Å². The number of hydrogen-bond acceptors (Lipinski definition) is 4. The molecule has 1 unspecified atom stereocenters. The van der Waals surface area contributed by atoms with E-state index in [0.717, 1.165) is 22.6 Å². The van der Waals surface area contributed by atoms with Crippen molar-refractivity contribution in [2.24, 2.45) is 5.73 Å². The van der Waals surface area contributed by atoms with Crippen LogP contribution in [0, 0.1) is 0 Å². The van der Waals surface area contributed by atoms with Crippen molar-refractivity contribution in [3.63, 3.8) is 0 Å². The zero-order chi connectivity index (χ0) is 15.1. The van der Waals surface area contributed by atoms with Crippen LogP contribution in [-0.2, 0) is 11.3 Å². The Labute approximate surface area is 125 Å². The molecule has 0 saturated carbocycles. The summed E-state index contributed by atoms with van der Waals surface area (Å²) in [6, 6.07) is 16.2. The van der Waals surface area contributed by atoms with E-state index in [1.165, 1.54) is 0 Å². The number of methoxy groups -OCH3 is 2. The molecular formula is C17H22N2O2. The molecule has 4 heteroatoms. The average Bonchev–Trinajstić information content (AvgIpc) is 2.53. The molecular weight excluding hydrogens is 264 g/mol. The molecule has 0 heterocycles. The summed E-state index contributed by atoms with van der Waals surface area (Å²) in [6.07, 6.45) is 0. The fourth-order valence-corrected chi connectivity index (χ4v) is 2.26. The van der Waals surface area contributed by atoms with Crippen LogP contribution < -0.4 is 15.8 Å². The fraction of sp³-hybridized carbons (Fsp3) is 0.294. The van der Waals surface area contributed by atoms with Crippen LogP contribution in [0.2, 0.25) is 0 Å². The molecule has 2 aromatic rings. The summed E-state index contributed by atoms with van der Waals surface area (Å²) in [6.45, 7) is 1.11. The van der Waals surface area contributed by atoms with E-state index in [4.69, 9.17) is 15.2 Å². The van der Waals surface area contributed by atoms with Crippen molar-refractivity contribution in [3.05, 3.63) is 59.7 Å². The number of nitrogens with two attached hydrogens (primary N) is 1.